The predicted octanol–water partition coefficient (Wildman–Crippen LogP) is 1.93. The minimum absolute atomic E-state index is 0.161. The van der Waals surface area contributed by atoms with Gasteiger partial charge in [-0.25, -0.2) is 12.7 Å². The standard InChI is InChI=1S/C14H21F2N3O2S/c15-14(16)19-7-1-2-12(19)10-17-11-5-8-18(9-6-11)22(20,21)13-3-4-13/h1-2,7,11,13-14,17H,3-6,8-10H2. The second kappa shape index (κ2) is 6.25. The van der Waals surface area contributed by atoms with Crippen LogP contribution in [0.25, 0.3) is 0 Å². The molecular weight excluding hydrogens is 312 g/mol. The Morgan fingerprint density at radius 3 is 2.50 bits per heavy atom. The molecule has 1 aliphatic heterocycles. The molecule has 0 aromatic carbocycles. The molecule has 3 rings (SSSR count). The van der Waals surface area contributed by atoms with Gasteiger partial charge in [0.2, 0.25) is 10.0 Å². The zero-order valence-electron chi connectivity index (χ0n) is 12.3. The minimum atomic E-state index is -3.09. The van der Waals surface area contributed by atoms with Crippen molar-refractivity contribution < 1.29 is 17.2 Å². The Morgan fingerprint density at radius 2 is 1.91 bits per heavy atom. The molecule has 1 aliphatic carbocycles. The van der Waals surface area contributed by atoms with Crippen molar-refractivity contribution in [1.82, 2.24) is 14.2 Å². The summed E-state index contributed by atoms with van der Waals surface area (Å²) in [5, 5.41) is 3.10. The summed E-state index contributed by atoms with van der Waals surface area (Å²) >= 11 is 0. The Balaban J connectivity index is 1.49. The van der Waals surface area contributed by atoms with Crippen LogP contribution in [0.4, 0.5) is 8.78 Å². The second-order valence-electron chi connectivity index (χ2n) is 5.98. The maximum Gasteiger partial charge on any atom is 0.318 e. The van der Waals surface area contributed by atoms with Gasteiger partial charge in [-0.3, -0.25) is 4.57 Å². The fourth-order valence-corrected chi connectivity index (χ4v) is 4.78. The van der Waals surface area contributed by atoms with E-state index in [1.54, 1.807) is 16.4 Å². The van der Waals surface area contributed by atoms with Gasteiger partial charge in [0, 0.05) is 37.6 Å². The van der Waals surface area contributed by atoms with E-state index in [4.69, 9.17) is 0 Å². The molecule has 1 N–H and O–H groups in total. The number of nitrogens with zero attached hydrogens (tertiary/aromatic N) is 2. The molecule has 2 heterocycles. The van der Waals surface area contributed by atoms with Gasteiger partial charge in [0.15, 0.2) is 0 Å². The van der Waals surface area contributed by atoms with Crippen molar-refractivity contribution in [2.75, 3.05) is 13.1 Å². The van der Waals surface area contributed by atoms with Crippen LogP contribution in [-0.2, 0) is 16.6 Å². The lowest BCUT2D eigenvalue weighted by Gasteiger charge is -2.31. The Kier molecular flexibility index (Phi) is 4.52. The number of sulfonamides is 1. The van der Waals surface area contributed by atoms with E-state index in [1.165, 1.54) is 6.20 Å². The predicted molar refractivity (Wildman–Crippen MR) is 79.1 cm³/mol. The number of piperidine rings is 1. The van der Waals surface area contributed by atoms with Crippen molar-refractivity contribution in [3.05, 3.63) is 24.0 Å². The number of rotatable bonds is 6. The molecule has 5 nitrogen and oxygen atoms in total. The molecule has 1 aromatic heterocycles. The Hall–Kier alpha value is -0.990. The van der Waals surface area contributed by atoms with Gasteiger partial charge in [0.1, 0.15) is 0 Å². The lowest BCUT2D eigenvalue weighted by Crippen LogP contribution is -2.45. The molecule has 2 aliphatic rings. The third-order valence-corrected chi connectivity index (χ3v) is 6.81. The van der Waals surface area contributed by atoms with Gasteiger partial charge in [-0.2, -0.15) is 8.78 Å². The number of alkyl halides is 2. The monoisotopic (exact) mass is 333 g/mol. The van der Waals surface area contributed by atoms with Gasteiger partial charge in [-0.1, -0.05) is 0 Å². The summed E-state index contributed by atoms with van der Waals surface area (Å²) in [4.78, 5) is 0. The Labute approximate surface area is 129 Å². The van der Waals surface area contributed by atoms with Crippen molar-refractivity contribution in [3.63, 3.8) is 0 Å². The summed E-state index contributed by atoms with van der Waals surface area (Å²) in [7, 11) is -3.09. The zero-order valence-corrected chi connectivity index (χ0v) is 13.1. The number of nitrogens with one attached hydrogen (secondary N) is 1. The topological polar surface area (TPSA) is 54.3 Å². The quantitative estimate of drug-likeness (QED) is 0.865. The van der Waals surface area contributed by atoms with E-state index in [1.807, 2.05) is 0 Å². The van der Waals surface area contributed by atoms with Crippen LogP contribution in [0.1, 0.15) is 37.9 Å². The van der Waals surface area contributed by atoms with Crippen LogP contribution in [-0.4, -0.2) is 41.7 Å². The number of halogens is 2. The highest BCUT2D eigenvalue weighted by molar-refractivity contribution is 7.90. The third kappa shape index (κ3) is 3.33. The van der Waals surface area contributed by atoms with Crippen LogP contribution >= 0.6 is 0 Å². The fraction of sp³-hybridized carbons (Fsp3) is 0.714. The molecule has 0 amide bonds. The van der Waals surface area contributed by atoms with Crippen LogP contribution in [0.3, 0.4) is 0 Å². The van der Waals surface area contributed by atoms with Crippen LogP contribution in [0.5, 0.6) is 0 Å². The largest absolute Gasteiger partial charge is 0.318 e. The summed E-state index contributed by atoms with van der Waals surface area (Å²) in [5.74, 6) is 0. The molecule has 0 bridgehead atoms. The smallest absolute Gasteiger partial charge is 0.308 e. The van der Waals surface area contributed by atoms with E-state index >= 15 is 0 Å². The van der Waals surface area contributed by atoms with E-state index in [-0.39, 0.29) is 11.3 Å². The van der Waals surface area contributed by atoms with Gasteiger partial charge in [-0.15, -0.1) is 0 Å². The van der Waals surface area contributed by atoms with Gasteiger partial charge >= 0.3 is 6.55 Å². The Bertz CT molecular complexity index is 605. The molecule has 0 unspecified atom stereocenters. The normalized spacial score (nSPS) is 21.6. The molecule has 22 heavy (non-hydrogen) atoms. The maximum absolute atomic E-state index is 12.8. The average molecular weight is 333 g/mol. The summed E-state index contributed by atoms with van der Waals surface area (Å²) in [6.07, 6.45) is 4.38. The second-order valence-corrected chi connectivity index (χ2v) is 8.20. The number of hydrogen-bond donors (Lipinski definition) is 1. The number of aromatic nitrogens is 1. The highest BCUT2D eigenvalue weighted by atomic mass is 32.2. The van der Waals surface area contributed by atoms with E-state index in [9.17, 15) is 17.2 Å². The van der Waals surface area contributed by atoms with Gasteiger partial charge in [0.05, 0.1) is 5.25 Å². The average Bonchev–Trinajstić information content (AvgIpc) is 3.25. The minimum Gasteiger partial charge on any atom is -0.308 e. The first-order chi connectivity index (χ1) is 10.5. The summed E-state index contributed by atoms with van der Waals surface area (Å²) in [6, 6.07) is 3.45. The van der Waals surface area contributed by atoms with Crippen molar-refractivity contribution in [2.24, 2.45) is 0 Å². The van der Waals surface area contributed by atoms with Crippen LogP contribution < -0.4 is 5.32 Å². The van der Waals surface area contributed by atoms with Crippen molar-refractivity contribution in [1.29, 1.82) is 0 Å². The first-order valence-corrected chi connectivity index (χ1v) is 9.15. The van der Waals surface area contributed by atoms with Crippen LogP contribution in [0.2, 0.25) is 0 Å². The molecule has 0 radical (unpaired) electrons. The molecule has 2 fully saturated rings. The van der Waals surface area contributed by atoms with E-state index < -0.39 is 16.6 Å². The lowest BCUT2D eigenvalue weighted by atomic mass is 10.1. The lowest BCUT2D eigenvalue weighted by molar-refractivity contribution is 0.0671. The third-order valence-electron chi connectivity index (χ3n) is 4.41. The van der Waals surface area contributed by atoms with Crippen molar-refractivity contribution in [3.8, 4) is 0 Å². The Morgan fingerprint density at radius 1 is 1.23 bits per heavy atom. The summed E-state index contributed by atoms with van der Waals surface area (Å²) in [6.45, 7) is -1.12. The van der Waals surface area contributed by atoms with Gasteiger partial charge in [0.25, 0.3) is 0 Å². The summed E-state index contributed by atoms with van der Waals surface area (Å²) < 4.78 is 52.3. The van der Waals surface area contributed by atoms with Crippen LogP contribution in [0, 0.1) is 0 Å². The SMILES string of the molecule is O=S(=O)(C1CC1)N1CCC(NCc2cccn2C(F)F)CC1. The highest BCUT2D eigenvalue weighted by Crippen LogP contribution is 2.32. The molecule has 0 atom stereocenters. The van der Waals surface area contributed by atoms with Crippen molar-refractivity contribution >= 4 is 10.0 Å². The fourth-order valence-electron chi connectivity index (χ4n) is 2.91. The molecule has 0 spiro atoms. The highest BCUT2D eigenvalue weighted by Gasteiger charge is 2.41. The van der Waals surface area contributed by atoms with Gasteiger partial charge < -0.3 is 5.32 Å². The van der Waals surface area contributed by atoms with Crippen LogP contribution in [0.15, 0.2) is 18.3 Å². The molecule has 8 heteroatoms. The number of hydrogen-bond acceptors (Lipinski definition) is 3. The zero-order chi connectivity index (χ0) is 15.7. The molecule has 1 aromatic rings. The molecular formula is C14H21F2N3O2S. The van der Waals surface area contributed by atoms with Crippen molar-refractivity contribution in [2.45, 2.75) is 50.1 Å². The first-order valence-electron chi connectivity index (χ1n) is 7.64. The molecule has 124 valence electrons. The summed E-state index contributed by atoms with van der Waals surface area (Å²) in [5.41, 5.74) is 0.544. The molecule has 1 saturated carbocycles. The maximum atomic E-state index is 12.8. The van der Waals surface area contributed by atoms with E-state index in [0.29, 0.717) is 25.3 Å². The van der Waals surface area contributed by atoms with E-state index in [0.717, 1.165) is 30.3 Å². The van der Waals surface area contributed by atoms with Gasteiger partial charge in [-0.05, 0) is 37.8 Å². The van der Waals surface area contributed by atoms with E-state index in [2.05, 4.69) is 5.32 Å². The molecule has 1 saturated heterocycles. The first kappa shape index (κ1) is 15.9.